The van der Waals surface area contributed by atoms with Crippen molar-refractivity contribution < 1.29 is 64.6 Å². The molecule has 2 saturated heterocycles. The maximum absolute atomic E-state index is 12.8. The van der Waals surface area contributed by atoms with Crippen molar-refractivity contribution in [1.82, 2.24) is 5.32 Å². The molecular formula is C38H69NO13. The van der Waals surface area contributed by atoms with Crippen LogP contribution in [0.3, 0.4) is 0 Å². The molecule has 14 nitrogen and oxygen atoms in total. The number of hydrogen-bond acceptors (Lipinski definition) is 13. The molecule has 0 aromatic heterocycles. The topological polar surface area (TPSA) is 228 Å². The van der Waals surface area contributed by atoms with Gasteiger partial charge in [0.05, 0.1) is 32.0 Å². The molecule has 14 heteroatoms. The van der Waals surface area contributed by atoms with Crippen LogP contribution >= 0.6 is 0 Å². The number of ether oxygens (including phenoxy) is 4. The Balaban J connectivity index is 1.96. The lowest BCUT2D eigenvalue weighted by Crippen LogP contribution is -2.65. The number of carbonyl (C=O) groups excluding carboxylic acids is 1. The second-order valence-corrected chi connectivity index (χ2v) is 14.1. The van der Waals surface area contributed by atoms with Gasteiger partial charge in [0.25, 0.3) is 0 Å². The van der Waals surface area contributed by atoms with Crippen LogP contribution in [0.25, 0.3) is 0 Å². The zero-order valence-corrected chi connectivity index (χ0v) is 31.3. The Morgan fingerprint density at radius 2 is 1.23 bits per heavy atom. The first-order valence-electron chi connectivity index (χ1n) is 19.6. The van der Waals surface area contributed by atoms with E-state index in [-0.39, 0.29) is 18.9 Å². The summed E-state index contributed by atoms with van der Waals surface area (Å²) < 4.78 is 22.4. The zero-order valence-electron chi connectivity index (χ0n) is 31.3. The van der Waals surface area contributed by atoms with E-state index in [1.165, 1.54) is 44.9 Å². The number of unbranched alkanes of at least 4 members (excludes halogenated alkanes) is 12. The molecule has 0 spiro atoms. The molecule has 0 aromatic rings. The quantitative estimate of drug-likeness (QED) is 0.0433. The van der Waals surface area contributed by atoms with E-state index in [0.29, 0.717) is 12.8 Å². The third kappa shape index (κ3) is 16.5. The first-order valence-corrected chi connectivity index (χ1v) is 19.6. The van der Waals surface area contributed by atoms with Crippen molar-refractivity contribution in [3.05, 3.63) is 24.3 Å². The van der Waals surface area contributed by atoms with Crippen LogP contribution in [0.1, 0.15) is 117 Å². The van der Waals surface area contributed by atoms with Gasteiger partial charge in [-0.05, 0) is 32.1 Å². The number of allylic oxidation sites excluding steroid dienone is 3. The fourth-order valence-corrected chi connectivity index (χ4v) is 6.30. The first kappa shape index (κ1) is 46.6. The number of carbonyl (C=O) groups is 1. The van der Waals surface area contributed by atoms with Crippen molar-refractivity contribution >= 4 is 5.91 Å². The highest BCUT2D eigenvalue weighted by atomic mass is 16.7. The highest BCUT2D eigenvalue weighted by Crippen LogP contribution is 2.29. The zero-order chi connectivity index (χ0) is 38.3. The van der Waals surface area contributed by atoms with Gasteiger partial charge in [-0.3, -0.25) is 4.79 Å². The van der Waals surface area contributed by atoms with Gasteiger partial charge in [0, 0.05) is 6.42 Å². The van der Waals surface area contributed by atoms with E-state index in [1.54, 1.807) is 6.08 Å². The summed E-state index contributed by atoms with van der Waals surface area (Å²) in [5.41, 5.74) is 0. The molecule has 2 heterocycles. The van der Waals surface area contributed by atoms with E-state index < -0.39 is 86.8 Å². The molecule has 0 bridgehead atoms. The van der Waals surface area contributed by atoms with Crippen LogP contribution in [-0.4, -0.2) is 140 Å². The molecule has 9 N–H and O–H groups in total. The van der Waals surface area contributed by atoms with Crippen molar-refractivity contribution in [1.29, 1.82) is 0 Å². The number of aliphatic hydroxyl groups excluding tert-OH is 8. The van der Waals surface area contributed by atoms with Gasteiger partial charge in [0.15, 0.2) is 12.6 Å². The van der Waals surface area contributed by atoms with Gasteiger partial charge in [0.2, 0.25) is 5.91 Å². The Kier molecular flexibility index (Phi) is 24.3. The maximum Gasteiger partial charge on any atom is 0.220 e. The van der Waals surface area contributed by atoms with E-state index >= 15 is 0 Å². The summed E-state index contributed by atoms with van der Waals surface area (Å²) in [6, 6.07) is -0.920. The van der Waals surface area contributed by atoms with Gasteiger partial charge in [-0.15, -0.1) is 0 Å². The normalized spacial score (nSPS) is 31.0. The summed E-state index contributed by atoms with van der Waals surface area (Å²) in [4.78, 5) is 12.8. The molecule has 0 radical (unpaired) electrons. The van der Waals surface area contributed by atoms with Crippen LogP contribution in [-0.2, 0) is 23.7 Å². The van der Waals surface area contributed by atoms with Crippen LogP contribution < -0.4 is 5.32 Å². The Morgan fingerprint density at radius 3 is 1.88 bits per heavy atom. The summed E-state index contributed by atoms with van der Waals surface area (Å²) in [5.74, 6) is -0.266. The lowest BCUT2D eigenvalue weighted by atomic mass is 9.97. The number of nitrogens with one attached hydrogen (secondary N) is 1. The monoisotopic (exact) mass is 747 g/mol. The van der Waals surface area contributed by atoms with Gasteiger partial charge in [-0.1, -0.05) is 102 Å². The van der Waals surface area contributed by atoms with Crippen LogP contribution in [0.4, 0.5) is 0 Å². The van der Waals surface area contributed by atoms with E-state index in [2.05, 4.69) is 31.3 Å². The molecule has 2 rings (SSSR count). The molecular weight excluding hydrogens is 678 g/mol. The van der Waals surface area contributed by atoms with Crippen LogP contribution in [0, 0.1) is 0 Å². The summed E-state index contributed by atoms with van der Waals surface area (Å²) in [6.45, 7) is 2.60. The van der Waals surface area contributed by atoms with Crippen LogP contribution in [0.15, 0.2) is 24.3 Å². The summed E-state index contributed by atoms with van der Waals surface area (Å²) >= 11 is 0. The molecule has 52 heavy (non-hydrogen) atoms. The summed E-state index contributed by atoms with van der Waals surface area (Å²) in [6.07, 6.45) is 7.24. The fraction of sp³-hybridized carbons (Fsp3) is 0.868. The van der Waals surface area contributed by atoms with Gasteiger partial charge in [0.1, 0.15) is 48.8 Å². The maximum atomic E-state index is 12.8. The van der Waals surface area contributed by atoms with Crippen molar-refractivity contribution in [3.8, 4) is 0 Å². The highest BCUT2D eigenvalue weighted by molar-refractivity contribution is 5.76. The third-order valence-corrected chi connectivity index (χ3v) is 9.64. The number of hydrogen-bond donors (Lipinski definition) is 9. The lowest BCUT2D eigenvalue weighted by Gasteiger charge is -2.46. The van der Waals surface area contributed by atoms with Crippen molar-refractivity contribution in [2.45, 2.75) is 190 Å². The number of amides is 1. The van der Waals surface area contributed by atoms with Crippen molar-refractivity contribution in [2.75, 3.05) is 19.8 Å². The fourth-order valence-electron chi connectivity index (χ4n) is 6.30. The predicted molar refractivity (Wildman–Crippen MR) is 194 cm³/mol. The van der Waals surface area contributed by atoms with Gasteiger partial charge < -0.3 is 65.1 Å². The van der Waals surface area contributed by atoms with Gasteiger partial charge in [-0.2, -0.15) is 0 Å². The first-order chi connectivity index (χ1) is 25.1. The molecule has 0 aromatic carbocycles. The molecule has 12 unspecified atom stereocenters. The SMILES string of the molecule is CCCCCCCCC/C=C/CC/C=C/C(O)C(COC1OC(CO)C(OC2OC(CO)C(O)C(O)C2O)C(O)C1O)NC(=O)CCCCCCC. The van der Waals surface area contributed by atoms with E-state index in [4.69, 9.17) is 18.9 Å². The summed E-state index contributed by atoms with van der Waals surface area (Å²) in [7, 11) is 0. The highest BCUT2D eigenvalue weighted by Gasteiger charge is 2.50. The second kappa shape index (κ2) is 27.1. The second-order valence-electron chi connectivity index (χ2n) is 14.1. The van der Waals surface area contributed by atoms with E-state index in [9.17, 15) is 45.6 Å². The number of rotatable bonds is 27. The Labute approximate surface area is 309 Å². The molecule has 0 aliphatic carbocycles. The minimum absolute atomic E-state index is 0.266. The van der Waals surface area contributed by atoms with Crippen LogP contribution in [0.2, 0.25) is 0 Å². The molecule has 2 aliphatic heterocycles. The Morgan fingerprint density at radius 1 is 0.673 bits per heavy atom. The average Bonchev–Trinajstić information content (AvgIpc) is 3.14. The molecule has 304 valence electrons. The lowest BCUT2D eigenvalue weighted by molar-refractivity contribution is -0.359. The standard InChI is InChI=1S/C38H69NO13/c1-3-5-7-9-10-11-12-13-14-15-16-18-19-21-27(42)26(39-30(43)22-20-17-8-6-4-2)25-49-37-35(48)33(46)36(29(24-41)51-37)52-38-34(47)32(45)31(44)28(23-40)50-38/h14-15,19,21,26-29,31-38,40-42,44-48H,3-13,16-18,20,22-25H2,1-2H3,(H,39,43)/b15-14+,21-19+. The van der Waals surface area contributed by atoms with Gasteiger partial charge >= 0.3 is 0 Å². The predicted octanol–water partition coefficient (Wildman–Crippen LogP) is 1.87. The Bertz CT molecular complexity index is 983. The third-order valence-electron chi connectivity index (χ3n) is 9.64. The Hall–Kier alpha value is -1.53. The van der Waals surface area contributed by atoms with Gasteiger partial charge in [-0.25, -0.2) is 0 Å². The largest absolute Gasteiger partial charge is 0.394 e. The van der Waals surface area contributed by atoms with Crippen molar-refractivity contribution in [2.24, 2.45) is 0 Å². The minimum atomic E-state index is -1.79. The molecule has 12 atom stereocenters. The number of aliphatic hydroxyl groups is 8. The van der Waals surface area contributed by atoms with Crippen molar-refractivity contribution in [3.63, 3.8) is 0 Å². The molecule has 2 fully saturated rings. The van der Waals surface area contributed by atoms with E-state index in [0.717, 1.165) is 38.5 Å². The minimum Gasteiger partial charge on any atom is -0.394 e. The van der Waals surface area contributed by atoms with Crippen LogP contribution in [0.5, 0.6) is 0 Å². The molecule has 0 saturated carbocycles. The summed E-state index contributed by atoms with van der Waals surface area (Å²) in [5, 5.41) is 85.8. The van der Waals surface area contributed by atoms with E-state index in [1.807, 2.05) is 6.08 Å². The molecule has 2 aliphatic rings. The molecule has 1 amide bonds. The smallest absolute Gasteiger partial charge is 0.220 e. The average molecular weight is 748 g/mol.